The van der Waals surface area contributed by atoms with Gasteiger partial charge in [-0.15, -0.1) is 10.2 Å². The van der Waals surface area contributed by atoms with Gasteiger partial charge in [0.2, 0.25) is 11.6 Å². The molecule has 0 spiro atoms. The second-order valence-corrected chi connectivity index (χ2v) is 8.48. The fourth-order valence-corrected chi connectivity index (χ4v) is 4.17. The zero-order valence-corrected chi connectivity index (χ0v) is 18.3. The molecule has 0 bridgehead atoms. The topological polar surface area (TPSA) is 81.3 Å². The summed E-state index contributed by atoms with van der Waals surface area (Å²) >= 11 is 0. The van der Waals surface area contributed by atoms with Crippen LogP contribution in [0.5, 0.6) is 0 Å². The van der Waals surface area contributed by atoms with Gasteiger partial charge in [-0.3, -0.25) is 18.6 Å². The number of hydrogen-bond acceptors (Lipinski definition) is 4. The largest absolute Gasteiger partial charge is 0.356 e. The summed E-state index contributed by atoms with van der Waals surface area (Å²) in [4.78, 5) is 25.1. The molecule has 168 valence electrons. The molecule has 0 aliphatic heterocycles. The van der Waals surface area contributed by atoms with Crippen LogP contribution in [0.15, 0.2) is 53.1 Å². The SMILES string of the molecule is C[C@H](CC(=O)NCCC1=CCCCC1)Cc1nnc2c(=O)n(-c3cccc(F)c3)ccn12. The Bertz CT molecular complexity index is 1200. The van der Waals surface area contributed by atoms with Crippen molar-refractivity contribution < 1.29 is 9.18 Å². The zero-order valence-electron chi connectivity index (χ0n) is 18.3. The Morgan fingerprint density at radius 1 is 1.25 bits per heavy atom. The molecule has 3 aromatic rings. The third-order valence-corrected chi connectivity index (χ3v) is 5.85. The molecule has 0 radical (unpaired) electrons. The highest BCUT2D eigenvalue weighted by atomic mass is 19.1. The van der Waals surface area contributed by atoms with Crippen molar-refractivity contribution in [1.29, 1.82) is 0 Å². The van der Waals surface area contributed by atoms with Crippen molar-refractivity contribution >= 4 is 11.6 Å². The molecule has 1 aliphatic carbocycles. The first-order chi connectivity index (χ1) is 15.5. The van der Waals surface area contributed by atoms with Crippen molar-refractivity contribution in [2.24, 2.45) is 5.92 Å². The highest BCUT2D eigenvalue weighted by molar-refractivity contribution is 5.76. The predicted octanol–water partition coefficient (Wildman–Crippen LogP) is 3.59. The van der Waals surface area contributed by atoms with Gasteiger partial charge >= 0.3 is 5.56 Å². The summed E-state index contributed by atoms with van der Waals surface area (Å²) in [6.07, 6.45) is 12.2. The van der Waals surface area contributed by atoms with Crippen LogP contribution in [0, 0.1) is 11.7 Å². The van der Waals surface area contributed by atoms with E-state index in [1.165, 1.54) is 35.1 Å². The van der Waals surface area contributed by atoms with Crippen molar-refractivity contribution in [3.05, 3.63) is 70.3 Å². The molecule has 2 aromatic heterocycles. The number of carbonyl (C=O) groups excluding carboxylic acids is 1. The quantitative estimate of drug-likeness (QED) is 0.546. The van der Waals surface area contributed by atoms with Gasteiger partial charge in [0.15, 0.2) is 0 Å². The highest BCUT2D eigenvalue weighted by Gasteiger charge is 2.16. The zero-order chi connectivity index (χ0) is 22.5. The molecule has 1 amide bonds. The van der Waals surface area contributed by atoms with Crippen LogP contribution in [0.2, 0.25) is 0 Å². The summed E-state index contributed by atoms with van der Waals surface area (Å²) in [6.45, 7) is 2.66. The number of allylic oxidation sites excluding steroid dienone is 1. The van der Waals surface area contributed by atoms with E-state index in [1.54, 1.807) is 28.9 Å². The van der Waals surface area contributed by atoms with E-state index in [0.717, 1.165) is 19.3 Å². The average molecular weight is 438 g/mol. The standard InChI is InChI=1S/C24H28FN5O2/c1-17(15-22(31)26-11-10-18-6-3-2-4-7-18)14-21-27-28-23-24(32)29(12-13-30(21)23)20-9-5-8-19(25)16-20/h5-6,8-9,12-13,16-17H,2-4,7,10-11,14-15H2,1H3,(H,26,31)/t17-/m0/s1. The first-order valence-corrected chi connectivity index (χ1v) is 11.2. The first kappa shape index (κ1) is 21.9. The molecule has 8 heteroatoms. The Balaban J connectivity index is 1.37. The van der Waals surface area contributed by atoms with Crippen LogP contribution in [0.3, 0.4) is 0 Å². The van der Waals surface area contributed by atoms with E-state index in [9.17, 15) is 14.0 Å². The fraction of sp³-hybridized carbons (Fsp3) is 0.417. The Kier molecular flexibility index (Phi) is 6.78. The minimum Gasteiger partial charge on any atom is -0.356 e. The summed E-state index contributed by atoms with van der Waals surface area (Å²) in [5.74, 6) is 0.272. The number of halogens is 1. The van der Waals surface area contributed by atoms with Gasteiger partial charge in [-0.2, -0.15) is 0 Å². The van der Waals surface area contributed by atoms with E-state index < -0.39 is 5.82 Å². The lowest BCUT2D eigenvalue weighted by Crippen LogP contribution is -2.27. The molecule has 1 aromatic carbocycles. The molecule has 1 aliphatic rings. The Hall–Kier alpha value is -3.29. The molecular weight excluding hydrogens is 409 g/mol. The lowest BCUT2D eigenvalue weighted by atomic mass is 9.97. The third-order valence-electron chi connectivity index (χ3n) is 5.85. The predicted molar refractivity (Wildman–Crippen MR) is 120 cm³/mol. The average Bonchev–Trinajstić information content (AvgIpc) is 3.18. The summed E-state index contributed by atoms with van der Waals surface area (Å²) in [5, 5.41) is 11.2. The Labute approximate surface area is 186 Å². The van der Waals surface area contributed by atoms with E-state index in [1.807, 2.05) is 6.92 Å². The number of rotatable bonds is 8. The van der Waals surface area contributed by atoms with E-state index in [-0.39, 0.29) is 23.0 Å². The lowest BCUT2D eigenvalue weighted by molar-refractivity contribution is -0.121. The molecule has 0 saturated carbocycles. The van der Waals surface area contributed by atoms with Crippen LogP contribution in [0.1, 0.15) is 51.3 Å². The van der Waals surface area contributed by atoms with E-state index in [2.05, 4.69) is 21.6 Å². The van der Waals surface area contributed by atoms with E-state index >= 15 is 0 Å². The molecule has 1 atom stereocenters. The van der Waals surface area contributed by atoms with Crippen LogP contribution in [0.4, 0.5) is 4.39 Å². The number of amides is 1. The van der Waals surface area contributed by atoms with Gasteiger partial charge in [-0.25, -0.2) is 4.39 Å². The molecule has 32 heavy (non-hydrogen) atoms. The summed E-state index contributed by atoms with van der Waals surface area (Å²) in [5.41, 5.74) is 1.67. The van der Waals surface area contributed by atoms with Gasteiger partial charge in [0, 0.05) is 31.8 Å². The second kappa shape index (κ2) is 9.89. The van der Waals surface area contributed by atoms with Crippen LogP contribution in [-0.2, 0) is 11.2 Å². The number of benzene rings is 1. The normalized spacial score (nSPS) is 14.9. The van der Waals surface area contributed by atoms with Gasteiger partial charge in [-0.1, -0.05) is 24.6 Å². The maximum atomic E-state index is 13.5. The Morgan fingerprint density at radius 2 is 2.12 bits per heavy atom. The molecule has 1 N–H and O–H groups in total. The Morgan fingerprint density at radius 3 is 2.91 bits per heavy atom. The summed E-state index contributed by atoms with van der Waals surface area (Å²) < 4.78 is 16.5. The van der Waals surface area contributed by atoms with Crippen LogP contribution in [0.25, 0.3) is 11.3 Å². The molecule has 0 saturated heterocycles. The number of carbonyl (C=O) groups is 1. The molecule has 0 unspecified atom stereocenters. The van der Waals surface area contributed by atoms with Crippen molar-refractivity contribution in [2.75, 3.05) is 6.54 Å². The van der Waals surface area contributed by atoms with Gasteiger partial charge in [0.1, 0.15) is 11.6 Å². The minimum absolute atomic E-state index is 0.0243. The number of hydrogen-bond donors (Lipinski definition) is 1. The summed E-state index contributed by atoms with van der Waals surface area (Å²) in [6, 6.07) is 5.83. The van der Waals surface area contributed by atoms with Gasteiger partial charge in [-0.05, 0) is 56.2 Å². The number of aromatic nitrogens is 4. The third kappa shape index (κ3) is 5.12. The van der Waals surface area contributed by atoms with Crippen molar-refractivity contribution in [3.8, 4) is 5.69 Å². The van der Waals surface area contributed by atoms with E-state index in [4.69, 9.17) is 0 Å². The van der Waals surface area contributed by atoms with Crippen molar-refractivity contribution in [3.63, 3.8) is 0 Å². The summed E-state index contributed by atoms with van der Waals surface area (Å²) in [7, 11) is 0. The maximum Gasteiger partial charge on any atom is 0.300 e. The van der Waals surface area contributed by atoms with Crippen LogP contribution in [-0.4, -0.2) is 31.6 Å². The van der Waals surface area contributed by atoms with Crippen LogP contribution >= 0.6 is 0 Å². The monoisotopic (exact) mass is 437 g/mol. The lowest BCUT2D eigenvalue weighted by Gasteiger charge is -2.14. The number of nitrogens with one attached hydrogen (secondary N) is 1. The maximum absolute atomic E-state index is 13.5. The first-order valence-electron chi connectivity index (χ1n) is 11.2. The molecule has 0 fully saturated rings. The molecule has 7 nitrogen and oxygen atoms in total. The number of fused-ring (bicyclic) bond motifs is 1. The smallest absolute Gasteiger partial charge is 0.300 e. The van der Waals surface area contributed by atoms with Gasteiger partial charge in [0.05, 0.1) is 5.69 Å². The van der Waals surface area contributed by atoms with Gasteiger partial charge in [0.25, 0.3) is 0 Å². The molecular formula is C24H28FN5O2. The highest BCUT2D eigenvalue weighted by Crippen LogP contribution is 2.19. The molecule has 2 heterocycles. The second-order valence-electron chi connectivity index (χ2n) is 8.48. The minimum atomic E-state index is -0.418. The van der Waals surface area contributed by atoms with Crippen LogP contribution < -0.4 is 10.9 Å². The van der Waals surface area contributed by atoms with Gasteiger partial charge < -0.3 is 5.32 Å². The van der Waals surface area contributed by atoms with Crippen molar-refractivity contribution in [2.45, 2.75) is 51.9 Å². The van der Waals surface area contributed by atoms with Crippen molar-refractivity contribution in [1.82, 2.24) is 24.5 Å². The fourth-order valence-electron chi connectivity index (χ4n) is 4.17. The number of nitrogens with zero attached hydrogens (tertiary/aromatic N) is 4. The molecule has 4 rings (SSSR count). The van der Waals surface area contributed by atoms with E-state index in [0.29, 0.717) is 30.9 Å².